The van der Waals surface area contributed by atoms with Crippen LogP contribution in [0, 0.1) is 10.8 Å². The zero-order valence-electron chi connectivity index (χ0n) is 16.2. The van der Waals surface area contributed by atoms with E-state index in [2.05, 4.69) is 51.5 Å². The van der Waals surface area contributed by atoms with Crippen LogP contribution >= 0.6 is 0 Å². The summed E-state index contributed by atoms with van der Waals surface area (Å²) < 4.78 is 0. The monoisotopic (exact) mass is 319 g/mol. The van der Waals surface area contributed by atoms with E-state index in [1.165, 1.54) is 0 Å². The van der Waals surface area contributed by atoms with Crippen LogP contribution in [0.4, 0.5) is 5.82 Å². The lowest BCUT2D eigenvalue weighted by Gasteiger charge is -2.20. The fourth-order valence-corrected chi connectivity index (χ4v) is 2.44. The molecule has 0 unspecified atom stereocenters. The van der Waals surface area contributed by atoms with Gasteiger partial charge in [0, 0.05) is 45.1 Å². The fraction of sp³-hybridized carbons (Fsp3) is 0.737. The molecular weight excluding hydrogens is 286 g/mol. The average Bonchev–Trinajstić information content (AvgIpc) is 2.31. The van der Waals surface area contributed by atoms with Gasteiger partial charge in [0.25, 0.3) is 0 Å². The van der Waals surface area contributed by atoms with Crippen molar-refractivity contribution in [1.82, 2.24) is 9.97 Å². The van der Waals surface area contributed by atoms with Crippen molar-refractivity contribution in [2.45, 2.75) is 67.2 Å². The molecule has 0 bridgehead atoms. The van der Waals surface area contributed by atoms with Crippen LogP contribution in [-0.4, -0.2) is 29.8 Å². The lowest BCUT2D eigenvalue weighted by Crippen LogP contribution is -2.17. The number of aromatic nitrogens is 2. The van der Waals surface area contributed by atoms with Crippen molar-refractivity contribution in [3.8, 4) is 0 Å². The summed E-state index contributed by atoms with van der Waals surface area (Å²) in [6.45, 7) is 12.9. The molecule has 1 heterocycles. The number of hydrogen-bond acceptors (Lipinski definition) is 4. The molecule has 1 aromatic rings. The predicted octanol–water partition coefficient (Wildman–Crippen LogP) is 4.07. The minimum atomic E-state index is 0.0425. The van der Waals surface area contributed by atoms with Crippen LogP contribution in [0.1, 0.15) is 65.9 Å². The fourth-order valence-electron chi connectivity index (χ4n) is 2.44. The lowest BCUT2D eigenvalue weighted by molar-refractivity contribution is -0.120. The van der Waals surface area contributed by atoms with E-state index in [1.54, 1.807) is 0 Å². The molecule has 0 radical (unpaired) electrons. The largest absolute Gasteiger partial charge is 0.363 e. The van der Waals surface area contributed by atoms with Gasteiger partial charge in [0.1, 0.15) is 17.4 Å². The third-order valence-electron chi connectivity index (χ3n) is 3.34. The Morgan fingerprint density at radius 3 is 2.13 bits per heavy atom. The van der Waals surface area contributed by atoms with Crippen LogP contribution in [0.3, 0.4) is 0 Å². The van der Waals surface area contributed by atoms with E-state index in [-0.39, 0.29) is 16.6 Å². The van der Waals surface area contributed by atoms with Gasteiger partial charge < -0.3 is 4.90 Å². The molecular formula is C19H33N3O. The summed E-state index contributed by atoms with van der Waals surface area (Å²) in [6.07, 6.45) is 2.64. The maximum absolute atomic E-state index is 12.1. The number of aryl methyl sites for hydroxylation is 1. The highest BCUT2D eigenvalue weighted by Gasteiger charge is 2.18. The Morgan fingerprint density at radius 2 is 1.65 bits per heavy atom. The van der Waals surface area contributed by atoms with Gasteiger partial charge in [0.15, 0.2) is 0 Å². The molecule has 0 aromatic carbocycles. The highest BCUT2D eigenvalue weighted by Crippen LogP contribution is 2.23. The minimum Gasteiger partial charge on any atom is -0.363 e. The Labute approximate surface area is 141 Å². The number of rotatable bonds is 6. The van der Waals surface area contributed by atoms with Gasteiger partial charge in [0.2, 0.25) is 0 Å². The summed E-state index contributed by atoms with van der Waals surface area (Å²) in [5.74, 6) is 1.98. The number of carbonyl (C=O) groups is 1. The normalized spacial score (nSPS) is 12.3. The van der Waals surface area contributed by atoms with E-state index in [0.29, 0.717) is 19.3 Å². The summed E-state index contributed by atoms with van der Waals surface area (Å²) in [6, 6.07) is 2.05. The second-order valence-corrected chi connectivity index (χ2v) is 9.04. The zero-order chi connectivity index (χ0) is 17.8. The Hall–Kier alpha value is -1.45. The first kappa shape index (κ1) is 19.6. The molecule has 1 aromatic heterocycles. The first-order chi connectivity index (χ1) is 10.4. The molecule has 4 heteroatoms. The molecule has 0 aliphatic heterocycles. The third-order valence-corrected chi connectivity index (χ3v) is 3.34. The molecule has 0 fully saturated rings. The molecule has 0 aliphatic carbocycles. The molecule has 4 nitrogen and oxygen atoms in total. The molecule has 0 saturated heterocycles. The highest BCUT2D eigenvalue weighted by atomic mass is 16.1. The highest BCUT2D eigenvalue weighted by molar-refractivity contribution is 5.79. The second-order valence-electron chi connectivity index (χ2n) is 9.04. The van der Waals surface area contributed by atoms with Gasteiger partial charge in [-0.15, -0.1) is 0 Å². The van der Waals surface area contributed by atoms with E-state index < -0.39 is 0 Å². The topological polar surface area (TPSA) is 46.1 Å². The average molecular weight is 319 g/mol. The number of ketones is 1. The predicted molar refractivity (Wildman–Crippen MR) is 96.9 cm³/mol. The van der Waals surface area contributed by atoms with Crippen LogP contribution in [0.25, 0.3) is 0 Å². The van der Waals surface area contributed by atoms with Crippen molar-refractivity contribution in [3.05, 3.63) is 17.6 Å². The molecule has 0 saturated carbocycles. The van der Waals surface area contributed by atoms with E-state index >= 15 is 0 Å². The molecule has 0 spiro atoms. The maximum Gasteiger partial charge on any atom is 0.133 e. The van der Waals surface area contributed by atoms with E-state index in [9.17, 15) is 4.79 Å². The van der Waals surface area contributed by atoms with Crippen molar-refractivity contribution in [3.63, 3.8) is 0 Å². The summed E-state index contributed by atoms with van der Waals surface area (Å²) in [7, 11) is 3.97. The van der Waals surface area contributed by atoms with Crippen LogP contribution < -0.4 is 4.90 Å². The van der Waals surface area contributed by atoms with Crippen molar-refractivity contribution < 1.29 is 4.79 Å². The number of hydrogen-bond donors (Lipinski definition) is 0. The van der Waals surface area contributed by atoms with E-state index in [1.807, 2.05) is 25.1 Å². The molecule has 0 aliphatic rings. The number of anilines is 1. The van der Waals surface area contributed by atoms with Gasteiger partial charge in [0.05, 0.1) is 0 Å². The Bertz CT molecular complexity index is 537. The van der Waals surface area contributed by atoms with Crippen LogP contribution in [0.15, 0.2) is 6.07 Å². The number of Topliss-reactive ketones (excluding diaryl/α,β-unsaturated/α-hetero) is 1. The number of nitrogens with zero attached hydrogens (tertiary/aromatic N) is 3. The van der Waals surface area contributed by atoms with Crippen LogP contribution in [0.2, 0.25) is 0 Å². The first-order valence-electron chi connectivity index (χ1n) is 8.42. The summed E-state index contributed by atoms with van der Waals surface area (Å²) in [5.41, 5.74) is 1.27. The summed E-state index contributed by atoms with van der Waals surface area (Å²) in [4.78, 5) is 23.4. The Morgan fingerprint density at radius 1 is 1.04 bits per heavy atom. The third kappa shape index (κ3) is 8.10. The molecule has 0 N–H and O–H groups in total. The van der Waals surface area contributed by atoms with E-state index in [0.717, 1.165) is 23.8 Å². The Kier molecular flexibility index (Phi) is 6.32. The number of carbonyl (C=O) groups excluding carboxylic acids is 1. The molecule has 0 amide bonds. The van der Waals surface area contributed by atoms with Gasteiger partial charge in [-0.2, -0.15) is 0 Å². The van der Waals surface area contributed by atoms with Gasteiger partial charge in [-0.3, -0.25) is 4.79 Å². The smallest absolute Gasteiger partial charge is 0.133 e. The maximum atomic E-state index is 12.1. The zero-order valence-corrected chi connectivity index (χ0v) is 16.2. The standard InChI is InChI=1S/C19H33N3O/c1-18(2,3)12-14-11-17(22(7)8)21-16(20-14)10-9-15(23)13-19(4,5)6/h11H,9-10,12-13H2,1-8H3. The van der Waals surface area contributed by atoms with Crippen molar-refractivity contribution >= 4 is 11.6 Å². The molecule has 0 atom stereocenters. The molecule has 1 rings (SSSR count). The lowest BCUT2D eigenvalue weighted by atomic mass is 9.88. The molecule has 23 heavy (non-hydrogen) atoms. The SMILES string of the molecule is CN(C)c1cc(CC(C)(C)C)nc(CCC(=O)CC(C)(C)C)n1. The van der Waals surface area contributed by atoms with Crippen LogP contribution in [0.5, 0.6) is 0 Å². The second kappa shape index (κ2) is 7.41. The van der Waals surface area contributed by atoms with Gasteiger partial charge in [-0.25, -0.2) is 9.97 Å². The quantitative estimate of drug-likeness (QED) is 0.793. The van der Waals surface area contributed by atoms with Crippen molar-refractivity contribution in [2.75, 3.05) is 19.0 Å². The van der Waals surface area contributed by atoms with Crippen molar-refractivity contribution in [2.24, 2.45) is 10.8 Å². The van der Waals surface area contributed by atoms with Gasteiger partial charge in [-0.1, -0.05) is 41.5 Å². The first-order valence-corrected chi connectivity index (χ1v) is 8.42. The molecule has 130 valence electrons. The van der Waals surface area contributed by atoms with Gasteiger partial charge in [-0.05, 0) is 17.3 Å². The van der Waals surface area contributed by atoms with Gasteiger partial charge >= 0.3 is 0 Å². The Balaban J connectivity index is 2.87. The summed E-state index contributed by atoms with van der Waals surface area (Å²) in [5, 5.41) is 0. The van der Waals surface area contributed by atoms with Crippen LogP contribution in [-0.2, 0) is 17.6 Å². The van der Waals surface area contributed by atoms with E-state index in [4.69, 9.17) is 0 Å². The minimum absolute atomic E-state index is 0.0425. The van der Waals surface area contributed by atoms with Crippen molar-refractivity contribution in [1.29, 1.82) is 0 Å². The summed E-state index contributed by atoms with van der Waals surface area (Å²) >= 11 is 0.